The standard InChI is InChI=1S/C11H19N5O5/c1-13-8-9(14-11(12)15-10(8)20)16(2)7(5-19)21-6(3-17)4-18/h6-7,17-19H,1,3-5H2,2H3,(H3,12,14,15,20)/t7-/m1/s1. The molecule has 0 radical (unpaired) electrons. The molecule has 6 N–H and O–H groups in total. The van der Waals surface area contributed by atoms with Gasteiger partial charge in [-0.25, -0.2) is 0 Å². The molecule has 0 saturated heterocycles. The van der Waals surface area contributed by atoms with Crippen LogP contribution in [-0.4, -0.2) is 71.2 Å². The molecular formula is C11H19N5O5. The largest absolute Gasteiger partial charge is 0.394 e. The molecule has 21 heavy (non-hydrogen) atoms. The summed E-state index contributed by atoms with van der Waals surface area (Å²) in [4.78, 5) is 22.8. The number of aliphatic hydroxyl groups excluding tert-OH is 3. The predicted octanol–water partition coefficient (Wildman–Crippen LogP) is -2.19. The number of hydrogen-bond donors (Lipinski definition) is 5. The highest BCUT2D eigenvalue weighted by molar-refractivity contribution is 5.64. The Kier molecular flexibility index (Phi) is 6.24. The normalized spacial score (nSPS) is 12.4. The van der Waals surface area contributed by atoms with Crippen molar-refractivity contribution in [2.24, 2.45) is 4.99 Å². The van der Waals surface area contributed by atoms with E-state index in [2.05, 4.69) is 21.7 Å². The minimum atomic E-state index is -0.969. The van der Waals surface area contributed by atoms with Crippen LogP contribution in [-0.2, 0) is 4.74 Å². The fourth-order valence-corrected chi connectivity index (χ4v) is 1.62. The number of anilines is 2. The summed E-state index contributed by atoms with van der Waals surface area (Å²) < 4.78 is 5.31. The third-order valence-corrected chi connectivity index (χ3v) is 2.73. The molecule has 1 aromatic rings. The second kappa shape index (κ2) is 7.69. The third-order valence-electron chi connectivity index (χ3n) is 2.73. The number of aromatic amines is 1. The lowest BCUT2D eigenvalue weighted by Gasteiger charge is -2.30. The van der Waals surface area contributed by atoms with E-state index in [1.54, 1.807) is 0 Å². The maximum Gasteiger partial charge on any atom is 0.280 e. The second-order valence-electron chi connectivity index (χ2n) is 4.15. The highest BCUT2D eigenvalue weighted by Crippen LogP contribution is 2.23. The molecule has 0 bridgehead atoms. The van der Waals surface area contributed by atoms with Gasteiger partial charge in [0.1, 0.15) is 6.10 Å². The molecule has 0 unspecified atom stereocenters. The van der Waals surface area contributed by atoms with Crippen LogP contribution < -0.4 is 16.2 Å². The molecule has 0 aliphatic rings. The van der Waals surface area contributed by atoms with E-state index in [9.17, 15) is 9.90 Å². The van der Waals surface area contributed by atoms with Crippen LogP contribution in [0.2, 0.25) is 0 Å². The highest BCUT2D eigenvalue weighted by Gasteiger charge is 2.24. The Morgan fingerprint density at radius 2 is 2.05 bits per heavy atom. The van der Waals surface area contributed by atoms with Crippen molar-refractivity contribution in [3.63, 3.8) is 0 Å². The predicted molar refractivity (Wildman–Crippen MR) is 76.8 cm³/mol. The van der Waals surface area contributed by atoms with Crippen LogP contribution in [0, 0.1) is 0 Å². The van der Waals surface area contributed by atoms with Crippen molar-refractivity contribution in [2.45, 2.75) is 12.3 Å². The maximum atomic E-state index is 11.7. The number of aliphatic imine (C=N–C) groups is 1. The van der Waals surface area contributed by atoms with Gasteiger partial charge in [-0.2, -0.15) is 4.98 Å². The maximum absolute atomic E-state index is 11.7. The number of H-pyrrole nitrogens is 1. The molecule has 0 amide bonds. The topological polar surface area (TPSA) is 157 Å². The van der Waals surface area contributed by atoms with Gasteiger partial charge < -0.3 is 30.7 Å². The van der Waals surface area contributed by atoms with Crippen LogP contribution in [0.25, 0.3) is 0 Å². The molecule has 0 saturated carbocycles. The number of nitrogens with two attached hydrogens (primary N) is 1. The summed E-state index contributed by atoms with van der Waals surface area (Å²) in [5.74, 6) is -0.0771. The van der Waals surface area contributed by atoms with Crippen LogP contribution in [0.5, 0.6) is 0 Å². The van der Waals surface area contributed by atoms with Gasteiger partial charge in [-0.3, -0.25) is 14.8 Å². The number of ether oxygens (including phenoxy) is 1. The van der Waals surface area contributed by atoms with Gasteiger partial charge in [-0.15, -0.1) is 0 Å². The number of hydrogen-bond acceptors (Lipinski definition) is 9. The summed E-state index contributed by atoms with van der Waals surface area (Å²) in [6.07, 6.45) is -1.85. The SMILES string of the molecule is C=Nc1c(N(C)[C@@H](CO)OC(CO)CO)nc(N)[nH]c1=O. The van der Waals surface area contributed by atoms with E-state index < -0.39 is 37.7 Å². The van der Waals surface area contributed by atoms with E-state index in [1.807, 2.05) is 0 Å². The van der Waals surface area contributed by atoms with Crippen molar-refractivity contribution in [1.82, 2.24) is 9.97 Å². The number of nitrogen functional groups attached to an aromatic ring is 1. The lowest BCUT2D eigenvalue weighted by Crippen LogP contribution is -2.42. The zero-order valence-electron chi connectivity index (χ0n) is 11.6. The van der Waals surface area contributed by atoms with E-state index in [-0.39, 0.29) is 17.5 Å². The number of rotatable bonds is 8. The monoisotopic (exact) mass is 301 g/mol. The van der Waals surface area contributed by atoms with Gasteiger partial charge in [-0.05, 0) is 6.72 Å². The van der Waals surface area contributed by atoms with Crippen molar-refractivity contribution < 1.29 is 20.1 Å². The first-order valence-electron chi connectivity index (χ1n) is 6.05. The molecule has 1 aromatic heterocycles. The van der Waals surface area contributed by atoms with E-state index in [4.69, 9.17) is 20.7 Å². The molecule has 0 spiro atoms. The van der Waals surface area contributed by atoms with Gasteiger partial charge in [0.15, 0.2) is 17.7 Å². The van der Waals surface area contributed by atoms with Crippen LogP contribution in [0.4, 0.5) is 17.5 Å². The minimum absolute atomic E-state index is 0.0555. The Labute approximate surface area is 120 Å². The average molecular weight is 301 g/mol. The number of aromatic nitrogens is 2. The van der Waals surface area contributed by atoms with Gasteiger partial charge >= 0.3 is 0 Å². The van der Waals surface area contributed by atoms with Crippen LogP contribution in [0.1, 0.15) is 0 Å². The summed E-state index contributed by atoms with van der Waals surface area (Å²) in [5, 5.41) is 27.4. The quantitative estimate of drug-likeness (QED) is 0.267. The fraction of sp³-hybridized carbons (Fsp3) is 0.545. The molecule has 10 nitrogen and oxygen atoms in total. The van der Waals surface area contributed by atoms with Gasteiger partial charge in [-0.1, -0.05) is 0 Å². The molecule has 10 heteroatoms. The molecule has 118 valence electrons. The first-order chi connectivity index (χ1) is 9.98. The number of aliphatic hydroxyl groups is 3. The van der Waals surface area contributed by atoms with E-state index in [1.165, 1.54) is 11.9 Å². The van der Waals surface area contributed by atoms with Crippen molar-refractivity contribution >= 4 is 24.2 Å². The first kappa shape index (κ1) is 17.0. The molecule has 1 heterocycles. The van der Waals surface area contributed by atoms with Crippen molar-refractivity contribution in [2.75, 3.05) is 37.5 Å². The lowest BCUT2D eigenvalue weighted by molar-refractivity contribution is -0.0785. The molecule has 0 aromatic carbocycles. The summed E-state index contributed by atoms with van der Waals surface area (Å²) in [5.41, 5.74) is 4.81. The van der Waals surface area contributed by atoms with Crippen molar-refractivity contribution in [1.29, 1.82) is 0 Å². The van der Waals surface area contributed by atoms with Crippen LogP contribution >= 0.6 is 0 Å². The summed E-state index contributed by atoms with van der Waals surface area (Å²) in [6, 6.07) is 0. The summed E-state index contributed by atoms with van der Waals surface area (Å²) >= 11 is 0. The van der Waals surface area contributed by atoms with Crippen molar-refractivity contribution in [3.8, 4) is 0 Å². The Balaban J connectivity index is 3.13. The third kappa shape index (κ3) is 3.98. The zero-order valence-corrected chi connectivity index (χ0v) is 11.6. The number of nitrogens with zero attached hydrogens (tertiary/aromatic N) is 3. The number of nitrogens with one attached hydrogen (secondary N) is 1. The van der Waals surface area contributed by atoms with Gasteiger partial charge in [0.25, 0.3) is 5.56 Å². The van der Waals surface area contributed by atoms with Gasteiger partial charge in [0.2, 0.25) is 5.95 Å². The lowest BCUT2D eigenvalue weighted by atomic mass is 10.3. The molecule has 0 aliphatic heterocycles. The summed E-state index contributed by atoms with van der Waals surface area (Å²) in [7, 11) is 1.49. The molecule has 1 atom stereocenters. The zero-order chi connectivity index (χ0) is 16.0. The van der Waals surface area contributed by atoms with Crippen LogP contribution in [0.15, 0.2) is 9.79 Å². The van der Waals surface area contributed by atoms with E-state index >= 15 is 0 Å². The Bertz CT molecular complexity index is 530. The molecule has 0 fully saturated rings. The summed E-state index contributed by atoms with van der Waals surface area (Å²) in [6.45, 7) is 1.94. The van der Waals surface area contributed by atoms with Gasteiger partial charge in [0, 0.05) is 7.05 Å². The van der Waals surface area contributed by atoms with Gasteiger partial charge in [0.05, 0.1) is 19.8 Å². The minimum Gasteiger partial charge on any atom is -0.394 e. The Morgan fingerprint density at radius 3 is 2.52 bits per heavy atom. The van der Waals surface area contributed by atoms with E-state index in [0.29, 0.717) is 0 Å². The number of likely N-dealkylation sites (N-methyl/N-ethyl adjacent to an activating group) is 1. The van der Waals surface area contributed by atoms with Crippen molar-refractivity contribution in [3.05, 3.63) is 10.4 Å². The first-order valence-corrected chi connectivity index (χ1v) is 6.05. The highest BCUT2D eigenvalue weighted by atomic mass is 16.5. The molecule has 1 rings (SSSR count). The Hall–Kier alpha value is -2.01. The average Bonchev–Trinajstić information content (AvgIpc) is 2.47. The Morgan fingerprint density at radius 1 is 1.43 bits per heavy atom. The smallest absolute Gasteiger partial charge is 0.280 e. The van der Waals surface area contributed by atoms with Crippen LogP contribution in [0.3, 0.4) is 0 Å². The molecular weight excluding hydrogens is 282 g/mol. The molecule has 0 aliphatic carbocycles. The second-order valence-corrected chi connectivity index (χ2v) is 4.15. The fourth-order valence-electron chi connectivity index (χ4n) is 1.62. The van der Waals surface area contributed by atoms with E-state index in [0.717, 1.165) is 0 Å².